The van der Waals surface area contributed by atoms with Crippen LogP contribution in [0.25, 0.3) is 11.3 Å². The first kappa shape index (κ1) is 18.3. The van der Waals surface area contributed by atoms with Gasteiger partial charge in [0.1, 0.15) is 23.8 Å². The van der Waals surface area contributed by atoms with Gasteiger partial charge < -0.3 is 14.2 Å². The molecule has 7 nitrogen and oxygen atoms in total. The second-order valence-corrected chi connectivity index (χ2v) is 5.83. The molecule has 2 N–H and O–H groups in total. The van der Waals surface area contributed by atoms with Crippen molar-refractivity contribution in [1.82, 2.24) is 10.2 Å². The van der Waals surface area contributed by atoms with Crippen LogP contribution in [-0.4, -0.2) is 30.5 Å². The zero-order valence-corrected chi connectivity index (χ0v) is 15.4. The molecule has 0 spiro atoms. The van der Waals surface area contributed by atoms with Crippen molar-refractivity contribution in [2.75, 3.05) is 19.5 Å². The molecule has 0 atom stereocenters. The maximum atomic E-state index is 12.3. The van der Waals surface area contributed by atoms with Crippen LogP contribution in [-0.2, 0) is 11.3 Å². The molecule has 0 fully saturated rings. The van der Waals surface area contributed by atoms with Crippen molar-refractivity contribution in [3.8, 4) is 22.8 Å². The van der Waals surface area contributed by atoms with Crippen LogP contribution in [0.1, 0.15) is 11.3 Å². The Morgan fingerprint density at radius 2 is 1.89 bits per heavy atom. The fraction of sp³-hybridized carbons (Fsp3) is 0.200. The molecular formula is C20H21N3O4. The molecular weight excluding hydrogens is 346 g/mol. The molecule has 7 heteroatoms. The zero-order chi connectivity index (χ0) is 19.2. The van der Waals surface area contributed by atoms with Gasteiger partial charge in [-0.15, -0.1) is 0 Å². The van der Waals surface area contributed by atoms with Crippen molar-refractivity contribution >= 4 is 11.8 Å². The number of anilines is 1. The third-order valence-corrected chi connectivity index (χ3v) is 4.05. The van der Waals surface area contributed by atoms with Crippen molar-refractivity contribution < 1.29 is 19.0 Å². The molecule has 27 heavy (non-hydrogen) atoms. The number of aromatic amines is 1. The topological polar surface area (TPSA) is 85.5 Å². The fourth-order valence-corrected chi connectivity index (χ4v) is 2.64. The summed E-state index contributed by atoms with van der Waals surface area (Å²) in [4.78, 5) is 12.3. The van der Waals surface area contributed by atoms with Gasteiger partial charge in [-0.05, 0) is 30.7 Å². The lowest BCUT2D eigenvalue weighted by Crippen LogP contribution is -2.14. The monoisotopic (exact) mass is 367 g/mol. The van der Waals surface area contributed by atoms with Gasteiger partial charge in [-0.2, -0.15) is 5.10 Å². The van der Waals surface area contributed by atoms with Crippen molar-refractivity contribution in [2.24, 2.45) is 0 Å². The first-order valence-corrected chi connectivity index (χ1v) is 8.37. The van der Waals surface area contributed by atoms with Crippen LogP contribution in [0.2, 0.25) is 0 Å². The van der Waals surface area contributed by atoms with E-state index in [9.17, 15) is 4.79 Å². The van der Waals surface area contributed by atoms with Crippen LogP contribution in [0.5, 0.6) is 11.5 Å². The van der Waals surface area contributed by atoms with E-state index in [1.807, 2.05) is 37.3 Å². The molecule has 0 radical (unpaired) electrons. The third kappa shape index (κ3) is 4.20. The van der Waals surface area contributed by atoms with Gasteiger partial charge in [0.25, 0.3) is 0 Å². The van der Waals surface area contributed by atoms with E-state index >= 15 is 0 Å². The fourth-order valence-electron chi connectivity index (χ4n) is 2.64. The number of carbonyl (C=O) groups excluding carboxylic acids is 1. The summed E-state index contributed by atoms with van der Waals surface area (Å²) >= 11 is 0. The smallest absolute Gasteiger partial charge is 0.412 e. The second-order valence-electron chi connectivity index (χ2n) is 5.83. The third-order valence-electron chi connectivity index (χ3n) is 4.05. The van der Waals surface area contributed by atoms with E-state index in [0.29, 0.717) is 34.1 Å². The van der Waals surface area contributed by atoms with Crippen LogP contribution in [0.3, 0.4) is 0 Å². The summed E-state index contributed by atoms with van der Waals surface area (Å²) in [5.41, 5.74) is 3.37. The van der Waals surface area contributed by atoms with Gasteiger partial charge in [-0.3, -0.25) is 10.4 Å². The lowest BCUT2D eigenvalue weighted by Gasteiger charge is -2.12. The van der Waals surface area contributed by atoms with Gasteiger partial charge in [0.15, 0.2) is 0 Å². The Bertz CT molecular complexity index is 922. The minimum absolute atomic E-state index is 0.182. The number of methoxy groups -OCH3 is 2. The lowest BCUT2D eigenvalue weighted by atomic mass is 10.1. The molecule has 3 rings (SSSR count). The van der Waals surface area contributed by atoms with E-state index in [0.717, 1.165) is 5.56 Å². The summed E-state index contributed by atoms with van der Waals surface area (Å²) in [6, 6.07) is 14.9. The predicted octanol–water partition coefficient (Wildman–Crippen LogP) is 4.15. The Labute approximate surface area is 157 Å². The molecule has 0 saturated heterocycles. The van der Waals surface area contributed by atoms with Crippen LogP contribution in [0.15, 0.2) is 48.5 Å². The molecule has 0 aliphatic carbocycles. The number of aromatic nitrogens is 2. The minimum atomic E-state index is -0.563. The molecule has 0 aliphatic rings. The molecule has 1 heterocycles. The second kappa shape index (κ2) is 8.27. The first-order chi connectivity index (χ1) is 13.1. The number of ether oxygens (including phenoxy) is 3. The van der Waals surface area contributed by atoms with E-state index in [1.54, 1.807) is 32.4 Å². The Morgan fingerprint density at radius 1 is 1.11 bits per heavy atom. The standard InChI is InChI=1S/C20H21N3O4/c1-13-18(21-20(24)27-12-14-7-5-4-6-8-14)19(23-22-13)16-11-15(25-2)9-10-17(16)26-3/h4-11H,12H2,1-3H3,(H,21,24)(H,22,23). The zero-order valence-electron chi connectivity index (χ0n) is 15.4. The number of nitrogens with zero attached hydrogens (tertiary/aromatic N) is 1. The quantitative estimate of drug-likeness (QED) is 0.683. The van der Waals surface area contributed by atoms with Gasteiger partial charge in [0.05, 0.1) is 25.6 Å². The average molecular weight is 367 g/mol. The number of aryl methyl sites for hydroxylation is 1. The maximum absolute atomic E-state index is 12.3. The van der Waals surface area contributed by atoms with Gasteiger partial charge in [0.2, 0.25) is 0 Å². The largest absolute Gasteiger partial charge is 0.497 e. The Balaban J connectivity index is 1.82. The summed E-state index contributed by atoms with van der Waals surface area (Å²) < 4.78 is 16.0. The van der Waals surface area contributed by atoms with E-state index < -0.39 is 6.09 Å². The molecule has 0 bridgehead atoms. The number of hydrogen-bond acceptors (Lipinski definition) is 5. The normalized spacial score (nSPS) is 10.3. The molecule has 2 aromatic carbocycles. The Hall–Kier alpha value is -3.48. The number of nitrogens with one attached hydrogen (secondary N) is 2. The number of rotatable bonds is 6. The van der Waals surface area contributed by atoms with E-state index in [-0.39, 0.29) is 6.61 Å². The van der Waals surface area contributed by atoms with Gasteiger partial charge in [-0.1, -0.05) is 30.3 Å². The minimum Gasteiger partial charge on any atom is -0.497 e. The number of H-pyrrole nitrogens is 1. The average Bonchev–Trinajstić information content (AvgIpc) is 3.06. The van der Waals surface area contributed by atoms with E-state index in [4.69, 9.17) is 14.2 Å². The van der Waals surface area contributed by atoms with Crippen LogP contribution in [0, 0.1) is 6.92 Å². The first-order valence-electron chi connectivity index (χ1n) is 8.37. The van der Waals surface area contributed by atoms with Crippen molar-refractivity contribution in [1.29, 1.82) is 0 Å². The van der Waals surface area contributed by atoms with Crippen molar-refractivity contribution in [3.63, 3.8) is 0 Å². The van der Waals surface area contributed by atoms with Crippen molar-refractivity contribution in [2.45, 2.75) is 13.5 Å². The summed E-state index contributed by atoms with van der Waals surface area (Å²) in [5.74, 6) is 1.27. The van der Waals surface area contributed by atoms with E-state index in [2.05, 4.69) is 15.5 Å². The highest BCUT2D eigenvalue weighted by molar-refractivity contribution is 5.92. The van der Waals surface area contributed by atoms with Gasteiger partial charge in [0, 0.05) is 5.56 Å². The van der Waals surface area contributed by atoms with Crippen LogP contribution < -0.4 is 14.8 Å². The summed E-state index contributed by atoms with van der Waals surface area (Å²) in [5, 5.41) is 9.96. The van der Waals surface area contributed by atoms with Crippen molar-refractivity contribution in [3.05, 3.63) is 59.8 Å². The Morgan fingerprint density at radius 3 is 2.59 bits per heavy atom. The molecule has 3 aromatic rings. The molecule has 140 valence electrons. The molecule has 0 saturated carbocycles. The summed E-state index contributed by atoms with van der Waals surface area (Å²) in [6.45, 7) is 2.00. The maximum Gasteiger partial charge on any atom is 0.412 e. The lowest BCUT2D eigenvalue weighted by molar-refractivity contribution is 0.155. The summed E-state index contributed by atoms with van der Waals surface area (Å²) in [7, 11) is 3.16. The number of carbonyl (C=O) groups is 1. The molecule has 0 aliphatic heterocycles. The highest BCUT2D eigenvalue weighted by Crippen LogP contribution is 2.37. The number of benzene rings is 2. The van der Waals surface area contributed by atoms with Crippen LogP contribution in [0.4, 0.5) is 10.5 Å². The molecule has 1 amide bonds. The SMILES string of the molecule is COc1ccc(OC)c(-c2n[nH]c(C)c2NC(=O)OCc2ccccc2)c1. The van der Waals surface area contributed by atoms with Crippen LogP contribution >= 0.6 is 0 Å². The highest BCUT2D eigenvalue weighted by Gasteiger charge is 2.19. The number of hydrogen-bond donors (Lipinski definition) is 2. The molecule has 1 aromatic heterocycles. The molecule has 0 unspecified atom stereocenters. The Kier molecular flexibility index (Phi) is 5.61. The van der Waals surface area contributed by atoms with Gasteiger partial charge >= 0.3 is 6.09 Å². The van der Waals surface area contributed by atoms with E-state index in [1.165, 1.54) is 0 Å². The highest BCUT2D eigenvalue weighted by atomic mass is 16.5. The number of amides is 1. The van der Waals surface area contributed by atoms with Gasteiger partial charge in [-0.25, -0.2) is 4.79 Å². The summed E-state index contributed by atoms with van der Waals surface area (Å²) in [6.07, 6.45) is -0.563. The predicted molar refractivity (Wildman–Crippen MR) is 102 cm³/mol.